The molecule has 0 aliphatic rings. The average Bonchev–Trinajstić information content (AvgIpc) is 2.76. The molecule has 0 unspecified atom stereocenters. The van der Waals surface area contributed by atoms with Gasteiger partial charge in [0.2, 0.25) is 5.91 Å². The normalized spacial score (nSPS) is 10.6. The number of amides is 1. The Bertz CT molecular complexity index is 807. The Kier molecular flexibility index (Phi) is 3.00. The molecule has 1 N–H and O–H groups in total. The molecule has 100 valence electrons. The van der Waals surface area contributed by atoms with Gasteiger partial charge in [0.25, 0.3) is 0 Å². The van der Waals surface area contributed by atoms with Crippen molar-refractivity contribution in [2.24, 2.45) is 0 Å². The Balaban J connectivity index is 1.85. The van der Waals surface area contributed by atoms with Crippen LogP contribution in [0.25, 0.3) is 11.2 Å². The van der Waals surface area contributed by atoms with Crippen LogP contribution in [-0.2, 0) is 11.3 Å². The highest BCUT2D eigenvalue weighted by Crippen LogP contribution is 2.08. The smallest absolute Gasteiger partial charge is 0.406 e. The predicted octanol–water partition coefficient (Wildman–Crippen LogP) is 1.02. The third kappa shape index (κ3) is 2.28. The fourth-order valence-electron chi connectivity index (χ4n) is 1.80. The molecule has 20 heavy (non-hydrogen) atoms. The largest absolute Gasteiger partial charge is 0.421 e. The molecule has 1 amide bonds. The summed E-state index contributed by atoms with van der Waals surface area (Å²) in [6.07, 6.45) is 3.10. The summed E-state index contributed by atoms with van der Waals surface area (Å²) < 4.78 is 6.17. The van der Waals surface area contributed by atoms with E-state index in [0.29, 0.717) is 17.0 Å². The maximum absolute atomic E-state index is 11.9. The number of rotatable bonds is 3. The summed E-state index contributed by atoms with van der Waals surface area (Å²) in [4.78, 5) is 31.6. The number of pyridine rings is 2. The van der Waals surface area contributed by atoms with Crippen LogP contribution >= 0.6 is 0 Å². The molecule has 0 atom stereocenters. The average molecular weight is 270 g/mol. The van der Waals surface area contributed by atoms with Gasteiger partial charge in [0.1, 0.15) is 12.4 Å². The summed E-state index contributed by atoms with van der Waals surface area (Å²) in [5.41, 5.74) is 0.691. The van der Waals surface area contributed by atoms with Crippen LogP contribution in [0.3, 0.4) is 0 Å². The summed E-state index contributed by atoms with van der Waals surface area (Å²) in [5.74, 6) is -0.569. The van der Waals surface area contributed by atoms with Gasteiger partial charge in [0.05, 0.1) is 0 Å². The lowest BCUT2D eigenvalue weighted by molar-refractivity contribution is -0.116. The van der Waals surface area contributed by atoms with Gasteiger partial charge in [-0.2, -0.15) is 0 Å². The quantitative estimate of drug-likeness (QED) is 0.767. The fraction of sp³-hybridized carbons (Fsp3) is 0.0769. The number of hydrogen-bond acceptors (Lipinski definition) is 5. The van der Waals surface area contributed by atoms with Crippen LogP contribution in [-0.4, -0.2) is 20.4 Å². The first-order chi connectivity index (χ1) is 9.74. The van der Waals surface area contributed by atoms with Gasteiger partial charge in [-0.1, -0.05) is 6.07 Å². The number of nitrogens with zero attached hydrogens (tertiary/aromatic N) is 3. The molecule has 0 spiro atoms. The van der Waals surface area contributed by atoms with Crippen LogP contribution in [0.15, 0.2) is 51.9 Å². The van der Waals surface area contributed by atoms with Gasteiger partial charge in [-0.3, -0.25) is 4.79 Å². The van der Waals surface area contributed by atoms with E-state index >= 15 is 0 Å². The molecule has 3 aromatic heterocycles. The third-order valence-corrected chi connectivity index (χ3v) is 2.66. The molecule has 0 aromatic carbocycles. The van der Waals surface area contributed by atoms with Crippen LogP contribution in [0, 0.1) is 0 Å². The number of fused-ring (bicyclic) bond motifs is 1. The van der Waals surface area contributed by atoms with Crippen LogP contribution < -0.4 is 11.1 Å². The van der Waals surface area contributed by atoms with Gasteiger partial charge < -0.3 is 9.73 Å². The number of hydrogen-bond donors (Lipinski definition) is 1. The number of aromatic nitrogens is 3. The summed E-state index contributed by atoms with van der Waals surface area (Å²) >= 11 is 0. The van der Waals surface area contributed by atoms with Crippen molar-refractivity contribution in [1.29, 1.82) is 0 Å². The second-order valence-corrected chi connectivity index (χ2v) is 4.04. The van der Waals surface area contributed by atoms with Crippen molar-refractivity contribution < 1.29 is 9.21 Å². The van der Waals surface area contributed by atoms with E-state index in [-0.39, 0.29) is 12.5 Å². The standard InChI is InChI=1S/C13H10N4O3/c18-11(16-10-5-1-2-6-14-10)8-17-12-9(20-13(17)19)4-3-7-15-12/h1-7H,8H2,(H,14,16,18). The number of oxazole rings is 1. The van der Waals surface area contributed by atoms with Crippen molar-refractivity contribution in [2.45, 2.75) is 6.54 Å². The van der Waals surface area contributed by atoms with E-state index in [0.717, 1.165) is 0 Å². The lowest BCUT2D eigenvalue weighted by Crippen LogP contribution is -2.25. The Labute approximate surface area is 112 Å². The van der Waals surface area contributed by atoms with E-state index in [2.05, 4.69) is 15.3 Å². The topological polar surface area (TPSA) is 90.0 Å². The van der Waals surface area contributed by atoms with Crippen molar-refractivity contribution >= 4 is 23.0 Å². The minimum atomic E-state index is -0.616. The summed E-state index contributed by atoms with van der Waals surface area (Å²) in [7, 11) is 0. The number of nitrogens with one attached hydrogen (secondary N) is 1. The number of anilines is 1. The van der Waals surface area contributed by atoms with Gasteiger partial charge >= 0.3 is 5.76 Å². The summed E-state index contributed by atoms with van der Waals surface area (Å²) in [6.45, 7) is -0.181. The van der Waals surface area contributed by atoms with Crippen molar-refractivity contribution in [3.63, 3.8) is 0 Å². The van der Waals surface area contributed by atoms with E-state index in [1.54, 1.807) is 36.5 Å². The highest BCUT2D eigenvalue weighted by Gasteiger charge is 2.13. The second kappa shape index (κ2) is 4.96. The van der Waals surface area contributed by atoms with Crippen LogP contribution in [0.1, 0.15) is 0 Å². The van der Waals surface area contributed by atoms with Crippen LogP contribution in [0.5, 0.6) is 0 Å². The SMILES string of the molecule is O=C(Cn1c(=O)oc2cccnc21)Nc1ccccn1. The number of carbonyl (C=O) groups excluding carboxylic acids is 1. The lowest BCUT2D eigenvalue weighted by Gasteiger charge is -2.03. The van der Waals surface area contributed by atoms with E-state index in [9.17, 15) is 9.59 Å². The van der Waals surface area contributed by atoms with Crippen molar-refractivity contribution in [3.05, 3.63) is 53.3 Å². The Morgan fingerprint density at radius 3 is 2.85 bits per heavy atom. The van der Waals surface area contributed by atoms with E-state index < -0.39 is 5.76 Å². The van der Waals surface area contributed by atoms with Crippen LogP contribution in [0.4, 0.5) is 5.82 Å². The number of carbonyl (C=O) groups is 1. The van der Waals surface area contributed by atoms with Gasteiger partial charge in [0.15, 0.2) is 11.2 Å². The first-order valence-corrected chi connectivity index (χ1v) is 5.89. The van der Waals surface area contributed by atoms with Gasteiger partial charge in [0, 0.05) is 12.4 Å². The molecular formula is C13H10N4O3. The van der Waals surface area contributed by atoms with Crippen molar-refractivity contribution in [3.8, 4) is 0 Å². The molecule has 3 aromatic rings. The highest BCUT2D eigenvalue weighted by atomic mass is 16.4. The van der Waals surface area contributed by atoms with E-state index in [4.69, 9.17) is 4.42 Å². The van der Waals surface area contributed by atoms with E-state index in [1.165, 1.54) is 10.8 Å². The monoisotopic (exact) mass is 270 g/mol. The molecule has 0 aliphatic heterocycles. The first kappa shape index (κ1) is 12.1. The van der Waals surface area contributed by atoms with Crippen molar-refractivity contribution in [1.82, 2.24) is 14.5 Å². The molecule has 7 nitrogen and oxygen atoms in total. The second-order valence-electron chi connectivity index (χ2n) is 4.04. The summed E-state index contributed by atoms with van der Waals surface area (Å²) in [6, 6.07) is 8.43. The fourth-order valence-corrected chi connectivity index (χ4v) is 1.80. The zero-order valence-corrected chi connectivity index (χ0v) is 10.3. The molecular weight excluding hydrogens is 260 g/mol. The third-order valence-electron chi connectivity index (χ3n) is 2.66. The molecule has 3 rings (SSSR count). The lowest BCUT2D eigenvalue weighted by atomic mass is 10.4. The van der Waals surface area contributed by atoms with Crippen molar-refractivity contribution in [2.75, 3.05) is 5.32 Å². The Morgan fingerprint density at radius 1 is 1.20 bits per heavy atom. The zero-order chi connectivity index (χ0) is 13.9. The Hall–Kier alpha value is -2.96. The molecule has 0 aliphatic carbocycles. The van der Waals surface area contributed by atoms with Gasteiger partial charge in [-0.15, -0.1) is 0 Å². The molecule has 0 saturated heterocycles. The molecule has 0 radical (unpaired) electrons. The highest BCUT2D eigenvalue weighted by molar-refractivity contribution is 5.90. The molecule has 7 heteroatoms. The summed E-state index contributed by atoms with van der Waals surface area (Å²) in [5, 5.41) is 2.59. The van der Waals surface area contributed by atoms with Gasteiger partial charge in [-0.05, 0) is 24.3 Å². The predicted molar refractivity (Wildman–Crippen MR) is 71.1 cm³/mol. The molecule has 0 bridgehead atoms. The minimum absolute atomic E-state index is 0.181. The minimum Gasteiger partial charge on any atom is -0.406 e. The van der Waals surface area contributed by atoms with Gasteiger partial charge in [-0.25, -0.2) is 19.3 Å². The maximum Gasteiger partial charge on any atom is 0.421 e. The Morgan fingerprint density at radius 2 is 2.05 bits per heavy atom. The van der Waals surface area contributed by atoms with E-state index in [1.807, 2.05) is 0 Å². The zero-order valence-electron chi connectivity index (χ0n) is 10.3. The van der Waals surface area contributed by atoms with Crippen LogP contribution in [0.2, 0.25) is 0 Å². The molecule has 0 fully saturated rings. The molecule has 0 saturated carbocycles. The first-order valence-electron chi connectivity index (χ1n) is 5.89. The maximum atomic E-state index is 11.9. The molecule has 3 heterocycles.